The maximum atomic E-state index is 13.0. The van der Waals surface area contributed by atoms with Crippen molar-refractivity contribution in [1.29, 1.82) is 0 Å². The van der Waals surface area contributed by atoms with Crippen LogP contribution in [-0.2, 0) is 6.42 Å². The number of benzene rings is 2. The van der Waals surface area contributed by atoms with E-state index in [2.05, 4.69) is 9.88 Å². The highest BCUT2D eigenvalue weighted by Gasteiger charge is 2.21. The third kappa shape index (κ3) is 4.25. The zero-order valence-electron chi connectivity index (χ0n) is 15.8. The van der Waals surface area contributed by atoms with Crippen LogP contribution < -0.4 is 0 Å². The average molecular weight is 380 g/mol. The van der Waals surface area contributed by atoms with Crippen LogP contribution in [0.25, 0.3) is 10.9 Å². The molecule has 5 heteroatoms. The molecule has 0 aliphatic carbocycles. The maximum Gasteiger partial charge on any atom is 0.166 e. The summed E-state index contributed by atoms with van der Waals surface area (Å²) in [6, 6.07) is 11.8. The van der Waals surface area contributed by atoms with E-state index in [1.54, 1.807) is 24.4 Å². The highest BCUT2D eigenvalue weighted by molar-refractivity contribution is 6.08. The molecule has 1 aliphatic heterocycles. The third-order valence-corrected chi connectivity index (χ3v) is 5.77. The number of aromatic nitrogens is 1. The van der Waals surface area contributed by atoms with Gasteiger partial charge in [-0.1, -0.05) is 12.1 Å². The number of likely N-dealkylation sites (tertiary alicyclic amines) is 1. The lowest BCUT2D eigenvalue weighted by molar-refractivity contribution is 0.0952. The second-order valence-corrected chi connectivity index (χ2v) is 7.72. The van der Waals surface area contributed by atoms with Crippen molar-refractivity contribution in [3.63, 3.8) is 0 Å². The van der Waals surface area contributed by atoms with E-state index in [0.29, 0.717) is 17.9 Å². The van der Waals surface area contributed by atoms with Crippen LogP contribution in [-0.4, -0.2) is 40.4 Å². The number of carbonyl (C=O) groups excluding carboxylic acids is 1. The van der Waals surface area contributed by atoms with Crippen LogP contribution in [0.15, 0.2) is 48.7 Å². The second kappa shape index (κ2) is 8.15. The number of phenolic OH excluding ortho intramolecular Hbond substituents is 1. The molecule has 2 heterocycles. The average Bonchev–Trinajstić information content (AvgIpc) is 3.12. The van der Waals surface area contributed by atoms with Crippen molar-refractivity contribution in [2.24, 2.45) is 5.92 Å². The second-order valence-electron chi connectivity index (χ2n) is 7.72. The van der Waals surface area contributed by atoms with Gasteiger partial charge < -0.3 is 15.0 Å². The summed E-state index contributed by atoms with van der Waals surface area (Å²) in [6.45, 7) is 2.77. The number of Topliss-reactive ketones (excluding diaryl/α,β-unsaturated/α-hetero) is 1. The molecular formula is C23H25FN2O2. The van der Waals surface area contributed by atoms with E-state index >= 15 is 0 Å². The van der Waals surface area contributed by atoms with E-state index in [1.807, 2.05) is 12.1 Å². The minimum Gasteiger partial charge on any atom is -0.508 e. The fraction of sp³-hybridized carbons (Fsp3) is 0.348. The minimum atomic E-state index is -0.185. The summed E-state index contributed by atoms with van der Waals surface area (Å²) in [7, 11) is 0. The molecule has 0 amide bonds. The lowest BCUT2D eigenvalue weighted by Gasteiger charge is -2.31. The first kappa shape index (κ1) is 18.7. The number of piperidine rings is 1. The summed E-state index contributed by atoms with van der Waals surface area (Å²) in [4.78, 5) is 18.1. The first-order valence-corrected chi connectivity index (χ1v) is 9.88. The van der Waals surface area contributed by atoms with E-state index in [-0.39, 0.29) is 17.3 Å². The largest absolute Gasteiger partial charge is 0.508 e. The number of nitrogens with zero attached hydrogens (tertiary/aromatic N) is 1. The molecule has 0 radical (unpaired) electrons. The molecule has 2 N–H and O–H groups in total. The van der Waals surface area contributed by atoms with E-state index in [4.69, 9.17) is 0 Å². The number of nitrogens with one attached hydrogen (secondary N) is 1. The van der Waals surface area contributed by atoms with Gasteiger partial charge in [0.15, 0.2) is 5.78 Å². The van der Waals surface area contributed by atoms with Crippen molar-refractivity contribution >= 4 is 16.7 Å². The highest BCUT2D eigenvalue weighted by atomic mass is 19.1. The Kier molecular flexibility index (Phi) is 5.44. The van der Waals surface area contributed by atoms with Gasteiger partial charge in [-0.15, -0.1) is 0 Å². The number of phenols is 1. The van der Waals surface area contributed by atoms with Crippen molar-refractivity contribution in [3.8, 4) is 5.75 Å². The summed E-state index contributed by atoms with van der Waals surface area (Å²) in [5.74, 6) is 0.760. The Hall–Kier alpha value is -2.66. The number of fused-ring (bicyclic) bond motifs is 1. The van der Waals surface area contributed by atoms with Crippen LogP contribution in [0, 0.1) is 11.7 Å². The molecule has 1 saturated heterocycles. The Morgan fingerprint density at radius 1 is 1.14 bits per heavy atom. The topological polar surface area (TPSA) is 56.3 Å². The molecule has 1 aromatic heterocycles. The van der Waals surface area contributed by atoms with Crippen LogP contribution in [0.5, 0.6) is 5.75 Å². The van der Waals surface area contributed by atoms with Gasteiger partial charge in [-0.05, 0) is 68.1 Å². The molecule has 0 atom stereocenters. The van der Waals surface area contributed by atoms with E-state index < -0.39 is 0 Å². The molecule has 2 aromatic carbocycles. The first-order valence-electron chi connectivity index (χ1n) is 9.88. The predicted molar refractivity (Wildman–Crippen MR) is 108 cm³/mol. The summed E-state index contributed by atoms with van der Waals surface area (Å²) in [5.41, 5.74) is 2.67. The minimum absolute atomic E-state index is 0.130. The number of H-pyrrole nitrogens is 1. The molecule has 3 aromatic rings. The monoisotopic (exact) mass is 380 g/mol. The van der Waals surface area contributed by atoms with Gasteiger partial charge in [0.05, 0.1) is 0 Å². The standard InChI is InChI=1S/C23H25FN2O2/c24-18-3-1-16(2-4-18)13-17-7-10-26(11-8-17)12-9-23(28)21-15-25-22-14-19(27)5-6-20(21)22/h1-6,14-15,17,25,27H,7-13H2. The Morgan fingerprint density at radius 3 is 2.64 bits per heavy atom. The molecular weight excluding hydrogens is 355 g/mol. The molecule has 0 saturated carbocycles. The maximum absolute atomic E-state index is 13.0. The van der Waals surface area contributed by atoms with Crippen LogP contribution in [0.3, 0.4) is 0 Å². The Balaban J connectivity index is 1.26. The van der Waals surface area contributed by atoms with Crippen LogP contribution in [0.2, 0.25) is 0 Å². The van der Waals surface area contributed by atoms with Crippen LogP contribution in [0.4, 0.5) is 4.39 Å². The highest BCUT2D eigenvalue weighted by Crippen LogP contribution is 2.25. The number of halogens is 1. The predicted octanol–water partition coefficient (Wildman–Crippen LogP) is 4.54. The van der Waals surface area contributed by atoms with Gasteiger partial charge in [-0.2, -0.15) is 0 Å². The first-order chi connectivity index (χ1) is 13.6. The van der Waals surface area contributed by atoms with Crippen molar-refractivity contribution in [2.45, 2.75) is 25.7 Å². The summed E-state index contributed by atoms with van der Waals surface area (Å²) >= 11 is 0. The van der Waals surface area contributed by atoms with Gasteiger partial charge in [-0.25, -0.2) is 4.39 Å². The van der Waals surface area contributed by atoms with Crippen LogP contribution in [0.1, 0.15) is 35.2 Å². The van der Waals surface area contributed by atoms with Gasteiger partial charge in [0.1, 0.15) is 11.6 Å². The lowest BCUT2D eigenvalue weighted by Crippen LogP contribution is -2.35. The fourth-order valence-corrected chi connectivity index (χ4v) is 4.11. The lowest BCUT2D eigenvalue weighted by atomic mass is 9.90. The SMILES string of the molecule is O=C(CCN1CCC(Cc2ccc(F)cc2)CC1)c1c[nH]c2cc(O)ccc12. The normalized spacial score (nSPS) is 15.9. The van der Waals surface area contributed by atoms with Crippen molar-refractivity contribution in [1.82, 2.24) is 9.88 Å². The van der Waals surface area contributed by atoms with E-state index in [0.717, 1.165) is 49.8 Å². The molecule has 146 valence electrons. The fourth-order valence-electron chi connectivity index (χ4n) is 4.11. The van der Waals surface area contributed by atoms with E-state index in [9.17, 15) is 14.3 Å². The molecule has 1 aliphatic rings. The smallest absolute Gasteiger partial charge is 0.166 e. The van der Waals surface area contributed by atoms with Gasteiger partial charge in [0.25, 0.3) is 0 Å². The number of rotatable bonds is 6. The molecule has 1 fully saturated rings. The molecule has 0 unspecified atom stereocenters. The summed E-state index contributed by atoms with van der Waals surface area (Å²) in [6.07, 6.45) is 5.45. The number of ketones is 1. The Morgan fingerprint density at radius 2 is 1.89 bits per heavy atom. The zero-order valence-corrected chi connectivity index (χ0v) is 15.8. The molecule has 4 nitrogen and oxygen atoms in total. The van der Waals surface area contributed by atoms with Crippen molar-refractivity contribution < 1.29 is 14.3 Å². The van der Waals surface area contributed by atoms with Gasteiger partial charge in [0.2, 0.25) is 0 Å². The molecule has 4 rings (SSSR count). The van der Waals surface area contributed by atoms with Gasteiger partial charge in [-0.3, -0.25) is 4.79 Å². The number of hydrogen-bond acceptors (Lipinski definition) is 3. The number of hydrogen-bond donors (Lipinski definition) is 2. The number of aromatic hydroxyl groups is 1. The molecule has 28 heavy (non-hydrogen) atoms. The van der Waals surface area contributed by atoms with Crippen LogP contribution >= 0.6 is 0 Å². The summed E-state index contributed by atoms with van der Waals surface area (Å²) < 4.78 is 13.0. The Bertz CT molecular complexity index is 956. The molecule has 0 bridgehead atoms. The van der Waals surface area contributed by atoms with Gasteiger partial charge in [0, 0.05) is 41.7 Å². The quantitative estimate of drug-likeness (QED) is 0.617. The number of aromatic amines is 1. The van der Waals surface area contributed by atoms with E-state index in [1.165, 1.54) is 17.7 Å². The zero-order chi connectivity index (χ0) is 19.5. The molecule has 0 spiro atoms. The van der Waals surface area contributed by atoms with Crippen molar-refractivity contribution in [3.05, 3.63) is 65.6 Å². The third-order valence-electron chi connectivity index (χ3n) is 5.77. The number of carbonyl (C=O) groups is 1. The summed E-state index contributed by atoms with van der Waals surface area (Å²) in [5, 5.41) is 10.4. The van der Waals surface area contributed by atoms with Crippen molar-refractivity contribution in [2.75, 3.05) is 19.6 Å². The Labute approximate surface area is 164 Å². The van der Waals surface area contributed by atoms with Gasteiger partial charge >= 0.3 is 0 Å².